The lowest BCUT2D eigenvalue weighted by Crippen LogP contribution is -2.60. The van der Waals surface area contributed by atoms with Crippen molar-refractivity contribution in [3.63, 3.8) is 0 Å². The number of aliphatic hydroxyl groups excluding tert-OH is 3. The van der Waals surface area contributed by atoms with Crippen molar-refractivity contribution in [2.45, 2.75) is 230 Å². The smallest absolute Gasteiger partial charge is 0.306 e. The Morgan fingerprint density at radius 3 is 1.48 bits per heavy atom. The fourth-order valence-corrected chi connectivity index (χ4v) is 7.54. The Balaban J connectivity index is 2.46. The molecule has 0 aromatic rings. The van der Waals surface area contributed by atoms with Gasteiger partial charge in [0.15, 0.2) is 12.4 Å². The Morgan fingerprint density at radius 2 is 1.02 bits per heavy atom. The van der Waals surface area contributed by atoms with Crippen LogP contribution in [0.15, 0.2) is 12.2 Å². The van der Waals surface area contributed by atoms with E-state index in [2.05, 4.69) is 26.0 Å². The van der Waals surface area contributed by atoms with Crippen molar-refractivity contribution in [3.05, 3.63) is 12.2 Å². The molecule has 4 N–H and O–H groups in total. The zero-order valence-electron chi connectivity index (χ0n) is 35.0. The normalized spacial score (nSPS) is 20.7. The number of ether oxygens (including phenoxy) is 4. The molecule has 1 rings (SSSR count). The van der Waals surface area contributed by atoms with Gasteiger partial charge in [0.25, 0.3) is 10.1 Å². The van der Waals surface area contributed by atoms with Gasteiger partial charge in [0.1, 0.15) is 36.8 Å². The minimum atomic E-state index is -4.60. The molecule has 1 saturated heterocycles. The number of unbranched alkanes of at least 4 members (excludes halogenated alkanes) is 23. The molecule has 0 saturated carbocycles. The summed E-state index contributed by atoms with van der Waals surface area (Å²) in [7, 11) is -4.60. The maximum atomic E-state index is 12.8. The molecule has 0 spiro atoms. The van der Waals surface area contributed by atoms with Crippen LogP contribution in [0.3, 0.4) is 0 Å². The highest BCUT2D eigenvalue weighted by atomic mass is 32.2. The molecule has 2 unspecified atom stereocenters. The predicted octanol–water partition coefficient (Wildman–Crippen LogP) is 8.67. The summed E-state index contributed by atoms with van der Waals surface area (Å²) >= 11 is 0. The molecule has 0 bridgehead atoms. The van der Waals surface area contributed by atoms with Gasteiger partial charge in [-0.25, -0.2) is 0 Å². The third kappa shape index (κ3) is 28.7. The molecule has 0 amide bonds. The van der Waals surface area contributed by atoms with Gasteiger partial charge >= 0.3 is 11.9 Å². The molecule has 0 aromatic heterocycles. The minimum absolute atomic E-state index is 0.168. The lowest BCUT2D eigenvalue weighted by molar-refractivity contribution is -0.297. The van der Waals surface area contributed by atoms with Gasteiger partial charge in [-0.3, -0.25) is 14.1 Å². The standard InChI is InChI=1S/C43H80O12S/c1-3-5-7-9-11-13-15-17-19-21-23-25-27-29-31-38(44)52-33-36(34-53-43-42(48)41(47)40(46)37(55-43)35-56(49,50)51)54-39(45)32-30-28-26-24-22-20-18-16-14-12-10-8-6-4-2/h15,17,36-37,40-43,46-48H,3-14,16,18-35H2,1-2H3,(H,49,50,51)/b17-15+/t36-,37-,40-,41?,42?,43+/m1/s1. The maximum Gasteiger partial charge on any atom is 0.306 e. The predicted molar refractivity (Wildman–Crippen MR) is 220 cm³/mol. The van der Waals surface area contributed by atoms with E-state index >= 15 is 0 Å². The van der Waals surface area contributed by atoms with E-state index in [0.29, 0.717) is 12.8 Å². The van der Waals surface area contributed by atoms with Gasteiger partial charge in [-0.15, -0.1) is 0 Å². The van der Waals surface area contributed by atoms with Gasteiger partial charge in [0.2, 0.25) is 0 Å². The molecule has 0 aromatic carbocycles. The van der Waals surface area contributed by atoms with Crippen molar-refractivity contribution < 1.29 is 56.8 Å². The maximum absolute atomic E-state index is 12.8. The van der Waals surface area contributed by atoms with Gasteiger partial charge in [-0.1, -0.05) is 154 Å². The molecule has 1 heterocycles. The van der Waals surface area contributed by atoms with Crippen molar-refractivity contribution in [1.29, 1.82) is 0 Å². The number of aliphatic hydroxyl groups is 3. The van der Waals surface area contributed by atoms with Crippen LogP contribution >= 0.6 is 0 Å². The van der Waals surface area contributed by atoms with Crippen LogP contribution < -0.4 is 0 Å². The minimum Gasteiger partial charge on any atom is -0.462 e. The van der Waals surface area contributed by atoms with E-state index in [1.807, 2.05) is 0 Å². The van der Waals surface area contributed by atoms with Crippen LogP contribution in [0.4, 0.5) is 0 Å². The van der Waals surface area contributed by atoms with Crippen molar-refractivity contribution in [1.82, 2.24) is 0 Å². The molecule has 0 aliphatic carbocycles. The summed E-state index contributed by atoms with van der Waals surface area (Å²) in [4.78, 5) is 25.3. The Morgan fingerprint density at radius 1 is 0.589 bits per heavy atom. The lowest BCUT2D eigenvalue weighted by atomic mass is 10.00. The summed E-state index contributed by atoms with van der Waals surface area (Å²) in [5.41, 5.74) is 0. The van der Waals surface area contributed by atoms with Crippen molar-refractivity contribution >= 4 is 22.1 Å². The Labute approximate surface area is 339 Å². The van der Waals surface area contributed by atoms with Crippen LogP contribution in [-0.4, -0.2) is 96.0 Å². The quantitative estimate of drug-likeness (QED) is 0.0203. The average molecular weight is 821 g/mol. The Bertz CT molecular complexity index is 1100. The van der Waals surface area contributed by atoms with Gasteiger partial charge in [-0.05, 0) is 38.5 Å². The molecule has 6 atom stereocenters. The van der Waals surface area contributed by atoms with E-state index < -0.39 is 71.2 Å². The van der Waals surface area contributed by atoms with Crippen molar-refractivity contribution in [2.24, 2.45) is 0 Å². The van der Waals surface area contributed by atoms with Crippen molar-refractivity contribution in [3.8, 4) is 0 Å². The Hall–Kier alpha value is -1.61. The second-order valence-electron chi connectivity index (χ2n) is 15.7. The van der Waals surface area contributed by atoms with Crippen molar-refractivity contribution in [2.75, 3.05) is 19.0 Å². The molecule has 330 valence electrons. The molecule has 1 aliphatic rings. The van der Waals surface area contributed by atoms with Crippen LogP contribution in [-0.2, 0) is 38.7 Å². The van der Waals surface area contributed by atoms with E-state index in [0.717, 1.165) is 57.8 Å². The summed E-state index contributed by atoms with van der Waals surface area (Å²) in [5, 5.41) is 30.8. The highest BCUT2D eigenvalue weighted by Crippen LogP contribution is 2.24. The van der Waals surface area contributed by atoms with Crippen LogP contribution in [0.2, 0.25) is 0 Å². The lowest BCUT2D eigenvalue weighted by Gasteiger charge is -2.40. The average Bonchev–Trinajstić information content (AvgIpc) is 3.16. The molecule has 1 aliphatic heterocycles. The first-order valence-corrected chi connectivity index (χ1v) is 23.9. The van der Waals surface area contributed by atoms with Gasteiger partial charge < -0.3 is 34.3 Å². The first-order chi connectivity index (χ1) is 27.0. The summed E-state index contributed by atoms with van der Waals surface area (Å²) in [5.74, 6) is -1.98. The molecular formula is C43H80O12S. The van der Waals surface area contributed by atoms with E-state index in [1.54, 1.807) is 0 Å². The first-order valence-electron chi connectivity index (χ1n) is 22.2. The molecular weight excluding hydrogens is 741 g/mol. The number of esters is 2. The topological polar surface area (TPSA) is 186 Å². The van der Waals surface area contributed by atoms with Crippen LogP contribution in [0.5, 0.6) is 0 Å². The molecule has 1 fully saturated rings. The third-order valence-corrected chi connectivity index (χ3v) is 11.1. The van der Waals surface area contributed by atoms with Gasteiger partial charge in [0.05, 0.1) is 6.61 Å². The van der Waals surface area contributed by atoms with E-state index in [-0.39, 0.29) is 19.4 Å². The highest BCUT2D eigenvalue weighted by Gasteiger charge is 2.46. The zero-order valence-corrected chi connectivity index (χ0v) is 35.8. The van der Waals surface area contributed by atoms with Crippen LogP contribution in [0.25, 0.3) is 0 Å². The van der Waals surface area contributed by atoms with Gasteiger partial charge in [-0.2, -0.15) is 8.42 Å². The molecule has 56 heavy (non-hydrogen) atoms. The molecule has 0 radical (unpaired) electrons. The third-order valence-electron chi connectivity index (χ3n) is 10.3. The van der Waals surface area contributed by atoms with E-state index in [1.165, 1.54) is 96.3 Å². The summed E-state index contributed by atoms with van der Waals surface area (Å²) in [6, 6.07) is 0. The number of carbonyl (C=O) groups is 2. The van der Waals surface area contributed by atoms with Crippen LogP contribution in [0.1, 0.15) is 194 Å². The Kier molecular flexibility index (Phi) is 32.1. The number of allylic oxidation sites excluding steroid dienone is 2. The first kappa shape index (κ1) is 52.4. The monoisotopic (exact) mass is 821 g/mol. The van der Waals surface area contributed by atoms with E-state index in [9.17, 15) is 37.9 Å². The molecule has 12 nitrogen and oxygen atoms in total. The number of hydrogen-bond acceptors (Lipinski definition) is 11. The fraction of sp³-hybridized carbons (Fsp3) is 0.907. The van der Waals surface area contributed by atoms with Crippen LogP contribution in [0, 0.1) is 0 Å². The number of carbonyl (C=O) groups excluding carboxylic acids is 2. The number of rotatable bonds is 37. The second-order valence-corrected chi connectivity index (χ2v) is 17.2. The van der Waals surface area contributed by atoms with Gasteiger partial charge in [0, 0.05) is 12.8 Å². The summed E-state index contributed by atoms with van der Waals surface area (Å²) in [6.45, 7) is 3.75. The summed E-state index contributed by atoms with van der Waals surface area (Å²) < 4.78 is 54.0. The number of hydrogen-bond donors (Lipinski definition) is 4. The highest BCUT2D eigenvalue weighted by molar-refractivity contribution is 7.85. The SMILES string of the molecule is CCCCCCC/C=C/CCCCCCCC(=O)OC[C@H](CO[C@H]1O[C@H](CS(=O)(=O)O)[C@@H](O)C(O)C1O)OC(=O)CCCCCCCCCCCCCCCC. The second kappa shape index (κ2) is 34.3. The fourth-order valence-electron chi connectivity index (χ4n) is 6.85. The summed E-state index contributed by atoms with van der Waals surface area (Å²) in [6.07, 6.45) is 25.4. The van der Waals surface area contributed by atoms with E-state index in [4.69, 9.17) is 18.9 Å². The zero-order chi connectivity index (χ0) is 41.3. The largest absolute Gasteiger partial charge is 0.462 e. The molecule has 13 heteroatoms.